The van der Waals surface area contributed by atoms with Crippen molar-refractivity contribution in [3.8, 4) is 16.9 Å². The van der Waals surface area contributed by atoms with E-state index in [1.54, 1.807) is 4.57 Å². The quantitative estimate of drug-likeness (QED) is 0.403. The van der Waals surface area contributed by atoms with Gasteiger partial charge in [0.05, 0.1) is 12.8 Å². The average molecular weight is 450 g/mol. The van der Waals surface area contributed by atoms with E-state index in [0.29, 0.717) is 5.92 Å². The van der Waals surface area contributed by atoms with E-state index in [2.05, 4.69) is 29.8 Å². The topological polar surface area (TPSA) is 47.4 Å². The van der Waals surface area contributed by atoms with Gasteiger partial charge in [0.25, 0.3) is 5.56 Å². The van der Waals surface area contributed by atoms with Crippen LogP contribution in [0, 0.1) is 5.92 Å². The molecule has 178 valence electrons. The van der Waals surface area contributed by atoms with Gasteiger partial charge in [-0.25, -0.2) is 0 Å². The summed E-state index contributed by atoms with van der Waals surface area (Å²) in [5.41, 5.74) is 5.61. The Balaban J connectivity index is 1.63. The number of aromatic nitrogens is 2. The zero-order valence-electron chi connectivity index (χ0n) is 20.6. The van der Waals surface area contributed by atoms with Gasteiger partial charge >= 0.3 is 0 Å². The number of unbranched alkanes of at least 4 members (excludes halogenated alkanes) is 2. The fourth-order valence-electron chi connectivity index (χ4n) is 4.80. The van der Waals surface area contributed by atoms with Crippen LogP contribution in [-0.2, 0) is 13.5 Å². The summed E-state index contributed by atoms with van der Waals surface area (Å²) in [6, 6.07) is 2.03. The normalized spacial score (nSPS) is 15.5. The molecule has 5 heteroatoms. The molecule has 2 aromatic heterocycles. The van der Waals surface area contributed by atoms with Crippen LogP contribution in [0.1, 0.15) is 69.9 Å². The van der Waals surface area contributed by atoms with Crippen molar-refractivity contribution in [2.75, 3.05) is 26.2 Å². The Morgan fingerprint density at radius 1 is 1.12 bits per heavy atom. The molecular formula is C28H39N3O2. The molecule has 2 heterocycles. The van der Waals surface area contributed by atoms with E-state index in [-0.39, 0.29) is 5.56 Å². The van der Waals surface area contributed by atoms with E-state index in [1.807, 2.05) is 31.7 Å². The second-order valence-electron chi connectivity index (χ2n) is 9.76. The van der Waals surface area contributed by atoms with Gasteiger partial charge in [0.1, 0.15) is 5.75 Å². The Labute approximate surface area is 198 Å². The lowest BCUT2D eigenvalue weighted by molar-refractivity contribution is 0.287. The molecule has 0 spiro atoms. The van der Waals surface area contributed by atoms with Crippen molar-refractivity contribution in [3.63, 3.8) is 0 Å². The van der Waals surface area contributed by atoms with Crippen molar-refractivity contribution in [2.45, 2.75) is 65.2 Å². The van der Waals surface area contributed by atoms with Crippen LogP contribution in [-0.4, -0.2) is 40.7 Å². The minimum absolute atomic E-state index is 0.0912. The van der Waals surface area contributed by atoms with Crippen molar-refractivity contribution in [1.82, 2.24) is 14.5 Å². The zero-order chi connectivity index (χ0) is 23.2. The standard InChI is InChI=1S/C28H39N3O2/c1-4-6-7-15-31(14-5-2)18-22-10-11-23-25(16-22)28(32)30(3)19-26(23)24-12-13-29-17-27(24)33-20-21-8-9-21/h12-13,16-17,19,21H,4-11,14-15,18,20H2,1-3H3. The largest absolute Gasteiger partial charge is 0.491 e. The second-order valence-corrected chi connectivity index (χ2v) is 9.76. The van der Waals surface area contributed by atoms with E-state index in [4.69, 9.17) is 4.74 Å². The fourth-order valence-corrected chi connectivity index (χ4v) is 4.80. The van der Waals surface area contributed by atoms with Gasteiger partial charge in [0, 0.05) is 42.7 Å². The Morgan fingerprint density at radius 2 is 1.97 bits per heavy atom. The van der Waals surface area contributed by atoms with Crippen molar-refractivity contribution in [2.24, 2.45) is 13.0 Å². The van der Waals surface area contributed by atoms with Crippen LogP contribution in [0.2, 0.25) is 0 Å². The summed E-state index contributed by atoms with van der Waals surface area (Å²) in [6.07, 6.45) is 17.1. The Bertz CT molecular complexity index is 1040. The molecule has 0 saturated heterocycles. The second kappa shape index (κ2) is 11.1. The SMILES string of the molecule is CCCCCN(CCC)CC1=Cc2c(c(-c3ccncc3OCC3CC3)cn(C)c2=O)CC1. The summed E-state index contributed by atoms with van der Waals surface area (Å²) >= 11 is 0. The third-order valence-corrected chi connectivity index (χ3v) is 6.86. The summed E-state index contributed by atoms with van der Waals surface area (Å²) in [5.74, 6) is 1.51. The van der Waals surface area contributed by atoms with Crippen LogP contribution in [0.5, 0.6) is 5.75 Å². The number of hydrogen-bond acceptors (Lipinski definition) is 4. The molecule has 1 saturated carbocycles. The van der Waals surface area contributed by atoms with Crippen LogP contribution < -0.4 is 10.3 Å². The van der Waals surface area contributed by atoms with Crippen molar-refractivity contribution < 1.29 is 4.74 Å². The number of pyridine rings is 2. The molecule has 0 amide bonds. The highest BCUT2D eigenvalue weighted by molar-refractivity contribution is 5.77. The molecule has 0 N–H and O–H groups in total. The molecule has 0 unspecified atom stereocenters. The summed E-state index contributed by atoms with van der Waals surface area (Å²) < 4.78 is 7.88. The van der Waals surface area contributed by atoms with Gasteiger partial charge in [-0.1, -0.05) is 32.3 Å². The summed E-state index contributed by atoms with van der Waals surface area (Å²) in [5, 5.41) is 0. The first-order valence-electron chi connectivity index (χ1n) is 12.8. The number of fused-ring (bicyclic) bond motifs is 1. The molecule has 33 heavy (non-hydrogen) atoms. The molecule has 4 rings (SSSR count). The van der Waals surface area contributed by atoms with Crippen molar-refractivity contribution >= 4 is 6.08 Å². The van der Waals surface area contributed by atoms with Gasteiger partial charge in [0.2, 0.25) is 0 Å². The fraction of sp³-hybridized carbons (Fsp3) is 0.571. The lowest BCUT2D eigenvalue weighted by Gasteiger charge is -2.26. The maximum absolute atomic E-state index is 13.1. The lowest BCUT2D eigenvalue weighted by atomic mass is 9.87. The smallest absolute Gasteiger partial charge is 0.257 e. The third kappa shape index (κ3) is 5.94. The Morgan fingerprint density at radius 3 is 2.73 bits per heavy atom. The van der Waals surface area contributed by atoms with E-state index in [1.165, 1.54) is 37.7 Å². The van der Waals surface area contributed by atoms with E-state index >= 15 is 0 Å². The number of aryl methyl sites for hydroxylation is 1. The first-order valence-corrected chi connectivity index (χ1v) is 12.8. The maximum atomic E-state index is 13.1. The van der Waals surface area contributed by atoms with Gasteiger partial charge in [-0.15, -0.1) is 0 Å². The number of rotatable bonds is 12. The summed E-state index contributed by atoms with van der Waals surface area (Å²) in [4.78, 5) is 20.0. The number of nitrogens with zero attached hydrogens (tertiary/aromatic N) is 3. The molecule has 0 bridgehead atoms. The molecule has 0 aromatic carbocycles. The Hall–Kier alpha value is -2.40. The molecule has 2 aliphatic rings. The minimum atomic E-state index is 0.0912. The molecule has 0 atom stereocenters. The third-order valence-electron chi connectivity index (χ3n) is 6.86. The van der Waals surface area contributed by atoms with Crippen LogP contribution in [0.15, 0.2) is 35.0 Å². The zero-order valence-corrected chi connectivity index (χ0v) is 20.6. The van der Waals surface area contributed by atoms with Gasteiger partial charge in [0.15, 0.2) is 0 Å². The van der Waals surface area contributed by atoms with Crippen LogP contribution in [0.4, 0.5) is 0 Å². The number of ether oxygens (including phenoxy) is 1. The van der Waals surface area contributed by atoms with Crippen LogP contribution >= 0.6 is 0 Å². The van der Waals surface area contributed by atoms with Gasteiger partial charge in [-0.05, 0) is 75.2 Å². The highest BCUT2D eigenvalue weighted by atomic mass is 16.5. The molecule has 2 aliphatic carbocycles. The highest BCUT2D eigenvalue weighted by Gasteiger charge is 2.24. The van der Waals surface area contributed by atoms with Gasteiger partial charge in [-0.2, -0.15) is 0 Å². The first kappa shape index (κ1) is 23.7. The molecule has 5 nitrogen and oxygen atoms in total. The molecular weight excluding hydrogens is 410 g/mol. The van der Waals surface area contributed by atoms with Crippen molar-refractivity contribution in [1.29, 1.82) is 0 Å². The molecule has 2 aromatic rings. The minimum Gasteiger partial charge on any atom is -0.491 e. The summed E-state index contributed by atoms with van der Waals surface area (Å²) in [7, 11) is 1.86. The molecule has 0 radical (unpaired) electrons. The van der Waals surface area contributed by atoms with E-state index in [9.17, 15) is 4.79 Å². The summed E-state index contributed by atoms with van der Waals surface area (Å²) in [6.45, 7) is 8.48. The van der Waals surface area contributed by atoms with Crippen LogP contribution in [0.3, 0.4) is 0 Å². The van der Waals surface area contributed by atoms with Crippen LogP contribution in [0.25, 0.3) is 17.2 Å². The predicted molar refractivity (Wildman–Crippen MR) is 136 cm³/mol. The number of hydrogen-bond donors (Lipinski definition) is 0. The van der Waals surface area contributed by atoms with E-state index in [0.717, 1.165) is 73.5 Å². The maximum Gasteiger partial charge on any atom is 0.257 e. The molecule has 1 fully saturated rings. The highest BCUT2D eigenvalue weighted by Crippen LogP contribution is 2.37. The predicted octanol–water partition coefficient (Wildman–Crippen LogP) is 5.47. The average Bonchev–Trinajstić information content (AvgIpc) is 3.65. The molecule has 0 aliphatic heterocycles. The van der Waals surface area contributed by atoms with Crippen molar-refractivity contribution in [3.05, 3.63) is 51.7 Å². The monoisotopic (exact) mass is 449 g/mol. The first-order chi connectivity index (χ1) is 16.1. The Kier molecular flexibility index (Phi) is 8.02. The van der Waals surface area contributed by atoms with Gasteiger partial charge in [-0.3, -0.25) is 14.7 Å². The van der Waals surface area contributed by atoms with Gasteiger partial charge < -0.3 is 9.30 Å². The van der Waals surface area contributed by atoms with E-state index < -0.39 is 0 Å². The lowest BCUT2D eigenvalue weighted by Crippen LogP contribution is -2.30.